The van der Waals surface area contributed by atoms with Gasteiger partial charge in [0.2, 0.25) is 0 Å². The minimum atomic E-state index is 0.302. The molecule has 0 atom stereocenters. The predicted molar refractivity (Wildman–Crippen MR) is 67.9 cm³/mol. The number of nitrogens with two attached hydrogens (primary N) is 1. The van der Waals surface area contributed by atoms with Crippen molar-refractivity contribution in [2.24, 2.45) is 0 Å². The van der Waals surface area contributed by atoms with E-state index in [4.69, 9.17) is 5.73 Å². The molecule has 0 amide bonds. The molecule has 0 radical (unpaired) electrons. The van der Waals surface area contributed by atoms with E-state index in [0.717, 1.165) is 41.6 Å². The van der Waals surface area contributed by atoms with Crippen LogP contribution >= 0.6 is 12.6 Å². The summed E-state index contributed by atoms with van der Waals surface area (Å²) >= 11 is 4.29. The van der Waals surface area contributed by atoms with Crippen molar-refractivity contribution in [3.63, 3.8) is 0 Å². The van der Waals surface area contributed by atoms with Crippen LogP contribution in [0.5, 0.6) is 5.75 Å². The second-order valence-electron chi connectivity index (χ2n) is 3.94. The maximum absolute atomic E-state index is 9.98. The Bertz CT molecular complexity index is 345. The Morgan fingerprint density at radius 2 is 1.87 bits per heavy atom. The summed E-state index contributed by atoms with van der Waals surface area (Å²) in [6.07, 6.45) is 3.03. The van der Waals surface area contributed by atoms with E-state index in [9.17, 15) is 5.11 Å². The number of rotatable bonds is 3. The zero-order chi connectivity index (χ0) is 11.6. The summed E-state index contributed by atoms with van der Waals surface area (Å²) in [5.74, 6) is 0.302. The lowest BCUT2D eigenvalue weighted by molar-refractivity contribution is 0.452. The number of anilines is 1. The van der Waals surface area contributed by atoms with Gasteiger partial charge in [0.05, 0.1) is 4.90 Å². The van der Waals surface area contributed by atoms with Crippen LogP contribution in [0.1, 0.15) is 36.5 Å². The maximum Gasteiger partial charge on any atom is 0.132 e. The van der Waals surface area contributed by atoms with Crippen LogP contribution in [0.3, 0.4) is 0 Å². The molecule has 15 heavy (non-hydrogen) atoms. The van der Waals surface area contributed by atoms with Crippen LogP contribution < -0.4 is 5.73 Å². The van der Waals surface area contributed by atoms with Crippen LogP contribution in [0.25, 0.3) is 0 Å². The summed E-state index contributed by atoms with van der Waals surface area (Å²) in [4.78, 5) is 0.615. The number of hydrogen-bond acceptors (Lipinski definition) is 3. The fourth-order valence-electron chi connectivity index (χ4n) is 1.73. The van der Waals surface area contributed by atoms with Gasteiger partial charge in [0.25, 0.3) is 0 Å². The van der Waals surface area contributed by atoms with Crippen LogP contribution in [0, 0.1) is 13.8 Å². The molecule has 3 heteroatoms. The lowest BCUT2D eigenvalue weighted by Crippen LogP contribution is -2.01. The second-order valence-corrected chi connectivity index (χ2v) is 4.39. The van der Waals surface area contributed by atoms with E-state index in [-0.39, 0.29) is 0 Å². The molecule has 0 unspecified atom stereocenters. The highest BCUT2D eigenvalue weighted by atomic mass is 32.1. The van der Waals surface area contributed by atoms with Crippen LogP contribution in [0.4, 0.5) is 5.69 Å². The first-order valence-electron chi connectivity index (χ1n) is 5.30. The number of aromatic hydroxyl groups is 1. The molecule has 0 aliphatic heterocycles. The van der Waals surface area contributed by atoms with Gasteiger partial charge in [-0.25, -0.2) is 0 Å². The lowest BCUT2D eigenvalue weighted by atomic mass is 9.97. The van der Waals surface area contributed by atoms with Crippen molar-refractivity contribution in [3.05, 3.63) is 16.7 Å². The molecule has 2 nitrogen and oxygen atoms in total. The number of phenols is 1. The van der Waals surface area contributed by atoms with Gasteiger partial charge in [-0.1, -0.05) is 13.3 Å². The summed E-state index contributed by atoms with van der Waals surface area (Å²) in [6.45, 7) is 5.97. The van der Waals surface area contributed by atoms with E-state index < -0.39 is 0 Å². The van der Waals surface area contributed by atoms with Crippen molar-refractivity contribution in [2.45, 2.75) is 44.9 Å². The summed E-state index contributed by atoms with van der Waals surface area (Å²) < 4.78 is 0. The average Bonchev–Trinajstić information content (AvgIpc) is 2.24. The van der Waals surface area contributed by atoms with E-state index in [1.54, 1.807) is 0 Å². The molecule has 1 rings (SSSR count). The highest BCUT2D eigenvalue weighted by Gasteiger charge is 2.14. The Kier molecular flexibility index (Phi) is 3.91. The Morgan fingerprint density at radius 3 is 2.40 bits per heavy atom. The van der Waals surface area contributed by atoms with Crippen molar-refractivity contribution in [1.82, 2.24) is 0 Å². The van der Waals surface area contributed by atoms with Gasteiger partial charge in [-0.05, 0) is 43.4 Å². The minimum absolute atomic E-state index is 0.302. The summed E-state index contributed by atoms with van der Waals surface area (Å²) in [7, 11) is 0. The van der Waals surface area contributed by atoms with Gasteiger partial charge >= 0.3 is 0 Å². The van der Waals surface area contributed by atoms with Crippen LogP contribution in [-0.2, 0) is 6.42 Å². The van der Waals surface area contributed by atoms with Crippen molar-refractivity contribution < 1.29 is 5.11 Å². The molecule has 84 valence electrons. The van der Waals surface area contributed by atoms with Crippen LogP contribution in [0.2, 0.25) is 0 Å². The van der Waals surface area contributed by atoms with Crippen molar-refractivity contribution in [1.29, 1.82) is 0 Å². The number of benzene rings is 1. The van der Waals surface area contributed by atoms with Gasteiger partial charge in [-0.15, -0.1) is 12.6 Å². The molecule has 1 aromatic rings. The first-order chi connectivity index (χ1) is 7.00. The highest BCUT2D eigenvalue weighted by Crippen LogP contribution is 2.37. The molecule has 0 bridgehead atoms. The van der Waals surface area contributed by atoms with E-state index in [2.05, 4.69) is 19.6 Å². The van der Waals surface area contributed by atoms with Crippen molar-refractivity contribution in [3.8, 4) is 5.75 Å². The summed E-state index contributed by atoms with van der Waals surface area (Å²) in [5.41, 5.74) is 9.53. The molecule has 0 aliphatic carbocycles. The summed E-state index contributed by atoms with van der Waals surface area (Å²) in [5, 5.41) is 9.98. The van der Waals surface area contributed by atoms with E-state index in [1.807, 2.05) is 13.8 Å². The van der Waals surface area contributed by atoms with Gasteiger partial charge in [0.15, 0.2) is 0 Å². The van der Waals surface area contributed by atoms with Gasteiger partial charge in [0, 0.05) is 5.69 Å². The molecule has 0 aromatic heterocycles. The Balaban J connectivity index is 3.26. The molecule has 0 spiro atoms. The smallest absolute Gasteiger partial charge is 0.132 e. The number of phenolic OH excluding ortho intramolecular Hbond substituents is 1. The third-order valence-corrected chi connectivity index (χ3v) is 3.45. The first-order valence-corrected chi connectivity index (χ1v) is 5.74. The fraction of sp³-hybridized carbons (Fsp3) is 0.500. The normalized spacial score (nSPS) is 10.7. The molecule has 3 N–H and O–H groups in total. The molecule has 0 saturated carbocycles. The molecular formula is C12H19NOS. The van der Waals surface area contributed by atoms with Crippen molar-refractivity contribution >= 4 is 18.3 Å². The SMILES string of the molecule is CCCCc1c(C)c(N)c(C)c(S)c1O. The zero-order valence-corrected chi connectivity index (χ0v) is 10.5. The average molecular weight is 225 g/mol. The van der Waals surface area contributed by atoms with Gasteiger partial charge in [-0.2, -0.15) is 0 Å². The number of nitrogen functional groups attached to an aromatic ring is 1. The monoisotopic (exact) mass is 225 g/mol. The molecular weight excluding hydrogens is 206 g/mol. The van der Waals surface area contributed by atoms with E-state index in [0.29, 0.717) is 10.6 Å². The van der Waals surface area contributed by atoms with Gasteiger partial charge in [0.1, 0.15) is 5.75 Å². The molecule has 0 saturated heterocycles. The molecule has 1 aromatic carbocycles. The first kappa shape index (κ1) is 12.2. The predicted octanol–water partition coefficient (Wildman–Crippen LogP) is 3.22. The third kappa shape index (κ3) is 2.23. The van der Waals surface area contributed by atoms with Crippen molar-refractivity contribution in [2.75, 3.05) is 5.73 Å². The Hall–Kier alpha value is -0.830. The maximum atomic E-state index is 9.98. The fourth-order valence-corrected chi connectivity index (χ4v) is 1.98. The minimum Gasteiger partial charge on any atom is -0.506 e. The summed E-state index contributed by atoms with van der Waals surface area (Å²) in [6, 6.07) is 0. The molecule has 0 fully saturated rings. The standard InChI is InChI=1S/C12H19NOS/c1-4-5-6-9-7(2)10(13)8(3)12(15)11(9)14/h14-15H,4-6,13H2,1-3H3. The quantitative estimate of drug-likeness (QED) is 0.420. The number of hydrogen-bond donors (Lipinski definition) is 3. The third-order valence-electron chi connectivity index (χ3n) is 2.91. The Morgan fingerprint density at radius 1 is 1.27 bits per heavy atom. The highest BCUT2D eigenvalue weighted by molar-refractivity contribution is 7.80. The van der Waals surface area contributed by atoms with Gasteiger partial charge in [-0.3, -0.25) is 0 Å². The molecule has 0 aliphatic rings. The lowest BCUT2D eigenvalue weighted by Gasteiger charge is -2.15. The van der Waals surface area contributed by atoms with Gasteiger partial charge < -0.3 is 10.8 Å². The van der Waals surface area contributed by atoms with E-state index >= 15 is 0 Å². The number of thiol groups is 1. The molecule has 0 heterocycles. The largest absolute Gasteiger partial charge is 0.506 e. The second kappa shape index (κ2) is 4.79. The zero-order valence-electron chi connectivity index (χ0n) is 9.59. The van der Waals surface area contributed by atoms with E-state index in [1.165, 1.54) is 0 Å². The van der Waals surface area contributed by atoms with Crippen LogP contribution in [0.15, 0.2) is 4.90 Å². The Labute approximate surface area is 96.9 Å². The topological polar surface area (TPSA) is 46.2 Å². The number of unbranched alkanes of at least 4 members (excludes halogenated alkanes) is 1. The van der Waals surface area contributed by atoms with Crippen LogP contribution in [-0.4, -0.2) is 5.11 Å².